The topological polar surface area (TPSA) is 12.5 Å². The second kappa shape index (κ2) is 5.68. The Labute approximate surface area is 110 Å². The summed E-state index contributed by atoms with van der Waals surface area (Å²) in [5.41, 5.74) is 1.47. The number of benzene rings is 1. The van der Waals surface area contributed by atoms with Crippen molar-refractivity contribution in [1.82, 2.24) is 4.90 Å². The van der Waals surface area contributed by atoms with E-state index < -0.39 is 0 Å². The van der Waals surface area contributed by atoms with Crippen molar-refractivity contribution in [3.63, 3.8) is 0 Å². The number of nitrogens with zero attached hydrogens (tertiary/aromatic N) is 1. The van der Waals surface area contributed by atoms with Crippen LogP contribution in [0.15, 0.2) is 43.0 Å². The van der Waals surface area contributed by atoms with Crippen molar-refractivity contribution in [3.8, 4) is 0 Å². The third kappa shape index (κ3) is 3.21. The Hall–Kier alpha value is -1.12. The molecule has 0 amide bonds. The zero-order valence-electron chi connectivity index (χ0n) is 11.4. The molecule has 1 saturated heterocycles. The Morgan fingerprint density at radius 3 is 2.78 bits per heavy atom. The van der Waals surface area contributed by atoms with Gasteiger partial charge < -0.3 is 4.74 Å². The molecule has 0 radical (unpaired) electrons. The quantitative estimate of drug-likeness (QED) is 0.738. The van der Waals surface area contributed by atoms with Gasteiger partial charge in [-0.05, 0) is 25.8 Å². The first kappa shape index (κ1) is 13.3. The van der Waals surface area contributed by atoms with Crippen LogP contribution < -0.4 is 0 Å². The number of ether oxygens (including phenoxy) is 1. The molecule has 1 aliphatic rings. The van der Waals surface area contributed by atoms with Crippen LogP contribution >= 0.6 is 0 Å². The lowest BCUT2D eigenvalue weighted by Crippen LogP contribution is -2.38. The van der Waals surface area contributed by atoms with Gasteiger partial charge in [-0.3, -0.25) is 4.90 Å². The van der Waals surface area contributed by atoms with Gasteiger partial charge in [0, 0.05) is 18.6 Å². The van der Waals surface area contributed by atoms with Crippen molar-refractivity contribution in [2.45, 2.75) is 38.5 Å². The molecule has 0 aromatic heterocycles. The minimum atomic E-state index is 0.218. The lowest BCUT2D eigenvalue weighted by atomic mass is 10.0. The van der Waals surface area contributed by atoms with Crippen molar-refractivity contribution in [3.05, 3.63) is 48.6 Å². The predicted octanol–water partition coefficient (Wildman–Crippen LogP) is 3.24. The van der Waals surface area contributed by atoms with E-state index in [2.05, 4.69) is 49.6 Å². The molecular weight excluding hydrogens is 222 g/mol. The summed E-state index contributed by atoms with van der Waals surface area (Å²) >= 11 is 0. The summed E-state index contributed by atoms with van der Waals surface area (Å²) in [6.45, 7) is 11.0. The summed E-state index contributed by atoms with van der Waals surface area (Å²) in [5, 5.41) is 0. The molecule has 1 unspecified atom stereocenters. The van der Waals surface area contributed by atoms with E-state index in [1.165, 1.54) is 5.56 Å². The molecule has 18 heavy (non-hydrogen) atoms. The first-order valence-corrected chi connectivity index (χ1v) is 6.63. The highest BCUT2D eigenvalue weighted by Gasteiger charge is 2.37. The fourth-order valence-corrected chi connectivity index (χ4v) is 2.62. The van der Waals surface area contributed by atoms with Crippen molar-refractivity contribution in [2.24, 2.45) is 0 Å². The van der Waals surface area contributed by atoms with E-state index in [-0.39, 0.29) is 5.54 Å². The highest BCUT2D eigenvalue weighted by Crippen LogP contribution is 2.30. The number of hydrogen-bond acceptors (Lipinski definition) is 2. The van der Waals surface area contributed by atoms with Crippen LogP contribution in [-0.4, -0.2) is 29.6 Å². The molecule has 1 aliphatic heterocycles. The monoisotopic (exact) mass is 245 g/mol. The van der Waals surface area contributed by atoms with Gasteiger partial charge in [0.1, 0.15) is 0 Å². The fourth-order valence-electron chi connectivity index (χ4n) is 2.62. The molecule has 98 valence electrons. The minimum absolute atomic E-state index is 0.218. The smallest absolute Gasteiger partial charge is 0.0724 e. The highest BCUT2D eigenvalue weighted by molar-refractivity contribution is 5.13. The van der Waals surface area contributed by atoms with Gasteiger partial charge in [0.05, 0.1) is 12.7 Å². The third-order valence-corrected chi connectivity index (χ3v) is 3.69. The van der Waals surface area contributed by atoms with Crippen LogP contribution in [-0.2, 0) is 11.3 Å². The van der Waals surface area contributed by atoms with E-state index in [1.807, 2.05) is 12.1 Å². The van der Waals surface area contributed by atoms with Gasteiger partial charge >= 0.3 is 0 Å². The lowest BCUT2D eigenvalue weighted by Gasteiger charge is -2.29. The summed E-state index contributed by atoms with van der Waals surface area (Å²) in [6.07, 6.45) is 3.40. The van der Waals surface area contributed by atoms with E-state index in [1.54, 1.807) is 0 Å². The molecule has 0 saturated carbocycles. The van der Waals surface area contributed by atoms with Crippen LogP contribution in [0.1, 0.15) is 25.8 Å². The third-order valence-electron chi connectivity index (χ3n) is 3.69. The molecule has 2 rings (SSSR count). The van der Waals surface area contributed by atoms with Crippen molar-refractivity contribution >= 4 is 0 Å². The first-order chi connectivity index (χ1) is 8.62. The van der Waals surface area contributed by atoms with E-state index in [0.29, 0.717) is 12.7 Å². The lowest BCUT2D eigenvalue weighted by molar-refractivity contribution is 0.0471. The second-order valence-corrected chi connectivity index (χ2v) is 5.63. The van der Waals surface area contributed by atoms with Crippen LogP contribution in [0.2, 0.25) is 0 Å². The predicted molar refractivity (Wildman–Crippen MR) is 75.5 cm³/mol. The molecule has 0 N–H and O–H groups in total. The maximum absolute atomic E-state index is 6.03. The maximum atomic E-state index is 6.03. The highest BCUT2D eigenvalue weighted by atomic mass is 16.5. The van der Waals surface area contributed by atoms with Crippen LogP contribution in [0.25, 0.3) is 0 Å². The van der Waals surface area contributed by atoms with E-state index in [9.17, 15) is 0 Å². The zero-order chi connectivity index (χ0) is 13.0. The van der Waals surface area contributed by atoms with Gasteiger partial charge in [-0.1, -0.05) is 36.4 Å². The summed E-state index contributed by atoms with van der Waals surface area (Å²) in [7, 11) is 0. The van der Waals surface area contributed by atoms with Crippen LogP contribution in [0.4, 0.5) is 0 Å². The Kier molecular flexibility index (Phi) is 4.20. The van der Waals surface area contributed by atoms with E-state index in [4.69, 9.17) is 4.74 Å². The standard InChI is InChI=1S/C16H23NO/c1-4-10-17-12-15(11-16(17,2)3)18-13-14-8-6-5-7-9-14/h4-9,15H,1,10-13H2,2-3H3. The van der Waals surface area contributed by atoms with Crippen molar-refractivity contribution in [1.29, 1.82) is 0 Å². The first-order valence-electron chi connectivity index (χ1n) is 6.63. The molecule has 0 aliphatic carbocycles. The average Bonchev–Trinajstić information content (AvgIpc) is 2.64. The summed E-state index contributed by atoms with van der Waals surface area (Å²) in [6, 6.07) is 10.4. The Balaban J connectivity index is 1.87. The SMILES string of the molecule is C=CCN1CC(OCc2ccccc2)CC1(C)C. The average molecular weight is 245 g/mol. The van der Waals surface area contributed by atoms with Crippen LogP contribution in [0.5, 0.6) is 0 Å². The summed E-state index contributed by atoms with van der Waals surface area (Å²) in [4.78, 5) is 2.44. The van der Waals surface area contributed by atoms with Crippen molar-refractivity contribution in [2.75, 3.05) is 13.1 Å². The molecule has 0 spiro atoms. The van der Waals surface area contributed by atoms with Gasteiger partial charge in [-0.2, -0.15) is 0 Å². The Bertz CT molecular complexity index is 385. The number of rotatable bonds is 5. The molecule has 1 aromatic carbocycles. The Morgan fingerprint density at radius 2 is 2.11 bits per heavy atom. The normalized spacial score (nSPS) is 23.1. The van der Waals surface area contributed by atoms with Gasteiger partial charge in [-0.25, -0.2) is 0 Å². The minimum Gasteiger partial charge on any atom is -0.372 e. The second-order valence-electron chi connectivity index (χ2n) is 5.63. The maximum Gasteiger partial charge on any atom is 0.0724 e. The van der Waals surface area contributed by atoms with Crippen LogP contribution in [0, 0.1) is 0 Å². The largest absolute Gasteiger partial charge is 0.372 e. The van der Waals surface area contributed by atoms with E-state index >= 15 is 0 Å². The van der Waals surface area contributed by atoms with Gasteiger partial charge in [-0.15, -0.1) is 6.58 Å². The molecule has 1 aromatic rings. The van der Waals surface area contributed by atoms with Crippen molar-refractivity contribution < 1.29 is 4.74 Å². The zero-order valence-corrected chi connectivity index (χ0v) is 11.4. The molecule has 1 heterocycles. The summed E-state index contributed by atoms with van der Waals surface area (Å²) < 4.78 is 6.03. The Morgan fingerprint density at radius 1 is 1.39 bits per heavy atom. The van der Waals surface area contributed by atoms with Gasteiger partial charge in [0.15, 0.2) is 0 Å². The molecule has 2 nitrogen and oxygen atoms in total. The molecule has 0 bridgehead atoms. The fraction of sp³-hybridized carbons (Fsp3) is 0.500. The van der Waals surface area contributed by atoms with Gasteiger partial charge in [0.25, 0.3) is 0 Å². The number of likely N-dealkylation sites (tertiary alicyclic amines) is 1. The molecular formula is C16H23NO. The molecule has 1 atom stereocenters. The summed E-state index contributed by atoms with van der Waals surface area (Å²) in [5.74, 6) is 0. The van der Waals surface area contributed by atoms with Gasteiger partial charge in [0.2, 0.25) is 0 Å². The molecule has 1 fully saturated rings. The number of hydrogen-bond donors (Lipinski definition) is 0. The molecule has 2 heteroatoms. The van der Waals surface area contributed by atoms with E-state index in [0.717, 1.165) is 19.5 Å². The van der Waals surface area contributed by atoms with Crippen LogP contribution in [0.3, 0.4) is 0 Å².